The summed E-state index contributed by atoms with van der Waals surface area (Å²) in [5, 5.41) is 34.6. The fourth-order valence-corrected chi connectivity index (χ4v) is 2.54. The van der Waals surface area contributed by atoms with Gasteiger partial charge in [-0.3, -0.25) is 24.0 Å². The molecule has 0 bridgehead atoms. The summed E-state index contributed by atoms with van der Waals surface area (Å²) in [4.78, 5) is 70.4. The number of rotatable bonds is 14. The first-order chi connectivity index (χ1) is 14.7. The Morgan fingerprint density at radius 1 is 0.844 bits per heavy atom. The molecule has 0 rings (SSSR count). The van der Waals surface area contributed by atoms with Gasteiger partial charge in [-0.25, -0.2) is 4.79 Å². The maximum Gasteiger partial charge on any atom is 0.326 e. The highest BCUT2D eigenvalue weighted by atomic mass is 16.4. The lowest BCUT2D eigenvalue weighted by Crippen LogP contribution is -2.60. The van der Waals surface area contributed by atoms with E-state index in [4.69, 9.17) is 16.6 Å². The van der Waals surface area contributed by atoms with Crippen molar-refractivity contribution in [3.63, 3.8) is 0 Å². The number of primary amides is 1. The third-order valence-corrected chi connectivity index (χ3v) is 4.33. The van der Waals surface area contributed by atoms with Crippen molar-refractivity contribution in [2.75, 3.05) is 0 Å². The minimum Gasteiger partial charge on any atom is -0.481 e. The normalized spacial score (nSPS) is 15.6. The Balaban J connectivity index is 5.49. The molecule has 4 amide bonds. The molecule has 5 unspecified atom stereocenters. The van der Waals surface area contributed by atoms with Crippen molar-refractivity contribution >= 4 is 35.6 Å². The molecule has 0 aliphatic carbocycles. The molecule has 0 saturated heterocycles. The van der Waals surface area contributed by atoms with Gasteiger partial charge in [0.1, 0.15) is 18.1 Å². The van der Waals surface area contributed by atoms with Crippen molar-refractivity contribution in [3.05, 3.63) is 0 Å². The van der Waals surface area contributed by atoms with Crippen LogP contribution in [0.2, 0.25) is 0 Å². The summed E-state index contributed by atoms with van der Waals surface area (Å²) in [5.41, 5.74) is 10.5. The van der Waals surface area contributed by atoms with Crippen LogP contribution in [0, 0.1) is 5.92 Å². The molecular weight excluding hydrogens is 430 g/mol. The SMILES string of the molecule is CC(C)C(NC(=O)C(NC(=O)C(CCC(=O)O)NC(=O)C(N)CC(N)=O)C(C)O)C(=O)O. The Bertz CT molecular complexity index is 726. The predicted molar refractivity (Wildman–Crippen MR) is 109 cm³/mol. The number of nitrogens with two attached hydrogens (primary N) is 2. The van der Waals surface area contributed by atoms with Gasteiger partial charge in [-0.15, -0.1) is 0 Å². The highest BCUT2D eigenvalue weighted by molar-refractivity contribution is 5.95. The molecule has 0 radical (unpaired) electrons. The van der Waals surface area contributed by atoms with Gasteiger partial charge in [-0.2, -0.15) is 0 Å². The zero-order chi connectivity index (χ0) is 25.2. The molecule has 0 aromatic carbocycles. The number of aliphatic hydroxyl groups excluding tert-OH is 1. The van der Waals surface area contributed by atoms with Crippen molar-refractivity contribution in [3.8, 4) is 0 Å². The third-order valence-electron chi connectivity index (χ3n) is 4.33. The number of hydrogen-bond acceptors (Lipinski definition) is 8. The number of amides is 4. The lowest BCUT2D eigenvalue weighted by atomic mass is 10.0. The van der Waals surface area contributed by atoms with Gasteiger partial charge in [0.2, 0.25) is 23.6 Å². The molecular formula is C18H31N5O9. The van der Waals surface area contributed by atoms with Crippen LogP contribution in [0.3, 0.4) is 0 Å². The van der Waals surface area contributed by atoms with E-state index in [1.54, 1.807) is 13.8 Å². The van der Waals surface area contributed by atoms with Crippen LogP contribution < -0.4 is 27.4 Å². The summed E-state index contributed by atoms with van der Waals surface area (Å²) in [7, 11) is 0. The molecule has 182 valence electrons. The van der Waals surface area contributed by atoms with Gasteiger partial charge >= 0.3 is 11.9 Å². The number of carbonyl (C=O) groups excluding carboxylic acids is 4. The number of hydrogen-bond donors (Lipinski definition) is 8. The second-order valence-corrected chi connectivity index (χ2v) is 7.57. The molecule has 5 atom stereocenters. The minimum absolute atomic E-state index is 0.395. The zero-order valence-electron chi connectivity index (χ0n) is 18.0. The van der Waals surface area contributed by atoms with Crippen LogP contribution in [-0.2, 0) is 28.8 Å². The van der Waals surface area contributed by atoms with Gasteiger partial charge in [0.15, 0.2) is 0 Å². The first kappa shape index (κ1) is 28.7. The molecule has 0 spiro atoms. The smallest absolute Gasteiger partial charge is 0.326 e. The summed E-state index contributed by atoms with van der Waals surface area (Å²) in [6.07, 6.45) is -2.92. The van der Waals surface area contributed by atoms with Crippen LogP contribution >= 0.6 is 0 Å². The molecule has 32 heavy (non-hydrogen) atoms. The predicted octanol–water partition coefficient (Wildman–Crippen LogP) is -3.37. The summed E-state index contributed by atoms with van der Waals surface area (Å²) in [6.45, 7) is 4.26. The molecule has 0 heterocycles. The number of aliphatic hydroxyl groups is 1. The van der Waals surface area contributed by atoms with Crippen LogP contribution in [0.25, 0.3) is 0 Å². The molecule has 0 aliphatic rings. The van der Waals surface area contributed by atoms with E-state index >= 15 is 0 Å². The highest BCUT2D eigenvalue weighted by Gasteiger charge is 2.33. The molecule has 0 aromatic heterocycles. The Hall–Kier alpha value is -3.26. The van der Waals surface area contributed by atoms with E-state index in [9.17, 15) is 39.0 Å². The van der Waals surface area contributed by atoms with Crippen molar-refractivity contribution in [2.45, 2.75) is 70.3 Å². The maximum atomic E-state index is 12.7. The molecule has 0 aromatic rings. The van der Waals surface area contributed by atoms with Gasteiger partial charge in [0.25, 0.3) is 0 Å². The molecule has 0 aliphatic heterocycles. The second kappa shape index (κ2) is 13.2. The van der Waals surface area contributed by atoms with Crippen molar-refractivity contribution in [2.24, 2.45) is 17.4 Å². The fourth-order valence-electron chi connectivity index (χ4n) is 2.54. The highest BCUT2D eigenvalue weighted by Crippen LogP contribution is 2.06. The third kappa shape index (κ3) is 10.2. The van der Waals surface area contributed by atoms with E-state index in [1.165, 1.54) is 6.92 Å². The van der Waals surface area contributed by atoms with Crippen molar-refractivity contribution in [1.29, 1.82) is 0 Å². The zero-order valence-corrected chi connectivity index (χ0v) is 18.0. The average molecular weight is 461 g/mol. The first-order valence-corrected chi connectivity index (χ1v) is 9.75. The molecule has 0 fully saturated rings. The maximum absolute atomic E-state index is 12.7. The molecule has 0 saturated carbocycles. The number of carbonyl (C=O) groups is 6. The van der Waals surface area contributed by atoms with E-state index in [0.717, 1.165) is 0 Å². The summed E-state index contributed by atoms with van der Waals surface area (Å²) in [6, 6.07) is -5.78. The summed E-state index contributed by atoms with van der Waals surface area (Å²) >= 11 is 0. The summed E-state index contributed by atoms with van der Waals surface area (Å²) in [5.74, 6) is -6.95. The van der Waals surface area contributed by atoms with E-state index in [2.05, 4.69) is 16.0 Å². The van der Waals surface area contributed by atoms with Gasteiger partial charge in [-0.1, -0.05) is 13.8 Å². The number of carboxylic acid groups (broad SMARTS) is 2. The topological polar surface area (TPSA) is 251 Å². The Morgan fingerprint density at radius 3 is 1.78 bits per heavy atom. The number of nitrogens with one attached hydrogen (secondary N) is 3. The van der Waals surface area contributed by atoms with Crippen molar-refractivity contribution in [1.82, 2.24) is 16.0 Å². The monoisotopic (exact) mass is 461 g/mol. The van der Waals surface area contributed by atoms with Crippen LogP contribution in [-0.4, -0.2) is 81.2 Å². The van der Waals surface area contributed by atoms with Gasteiger partial charge < -0.3 is 42.7 Å². The van der Waals surface area contributed by atoms with E-state index in [-0.39, 0.29) is 0 Å². The lowest BCUT2D eigenvalue weighted by Gasteiger charge is -2.27. The van der Waals surface area contributed by atoms with Crippen LogP contribution in [0.5, 0.6) is 0 Å². The summed E-state index contributed by atoms with van der Waals surface area (Å²) < 4.78 is 0. The van der Waals surface area contributed by atoms with Crippen LogP contribution in [0.1, 0.15) is 40.0 Å². The molecule has 14 heteroatoms. The Labute approximate surface area is 184 Å². The standard InChI is InChI=1S/C18H31N5O9/c1-7(2)13(18(31)32)22-17(30)14(8(3)24)23-16(29)10(4-5-12(26)27)21-15(28)9(19)6-11(20)25/h7-10,13-14,24H,4-6,19H2,1-3H3,(H2,20,25)(H,21,28)(H,22,30)(H,23,29)(H,26,27)(H,31,32). The van der Waals surface area contributed by atoms with E-state index in [0.29, 0.717) is 0 Å². The lowest BCUT2D eigenvalue weighted by molar-refractivity contribution is -0.144. The van der Waals surface area contributed by atoms with Gasteiger partial charge in [-0.05, 0) is 19.3 Å². The van der Waals surface area contributed by atoms with Crippen LogP contribution in [0.4, 0.5) is 0 Å². The average Bonchev–Trinajstić information content (AvgIpc) is 2.65. The van der Waals surface area contributed by atoms with Crippen molar-refractivity contribution < 1.29 is 44.1 Å². The molecule has 14 nitrogen and oxygen atoms in total. The van der Waals surface area contributed by atoms with Gasteiger partial charge in [0, 0.05) is 6.42 Å². The van der Waals surface area contributed by atoms with E-state index < -0.39 is 91.0 Å². The molecule has 10 N–H and O–H groups in total. The fraction of sp³-hybridized carbons (Fsp3) is 0.667. The number of aliphatic carboxylic acids is 2. The largest absolute Gasteiger partial charge is 0.481 e. The van der Waals surface area contributed by atoms with Gasteiger partial charge in [0.05, 0.1) is 18.6 Å². The Morgan fingerprint density at radius 2 is 1.38 bits per heavy atom. The Kier molecular flexibility index (Phi) is 11.9. The second-order valence-electron chi connectivity index (χ2n) is 7.57. The quantitative estimate of drug-likeness (QED) is 0.127. The minimum atomic E-state index is -1.60. The number of carboxylic acids is 2. The van der Waals surface area contributed by atoms with E-state index in [1.807, 2.05) is 0 Å². The first-order valence-electron chi connectivity index (χ1n) is 9.75. The van der Waals surface area contributed by atoms with Crippen LogP contribution in [0.15, 0.2) is 0 Å².